The molecule has 6 heteroatoms. The number of nitrogens with two attached hydrogens (primary N) is 1. The average Bonchev–Trinajstić information content (AvgIpc) is 2.99. The largest absolute Gasteiger partial charge is 0.481 e. The fourth-order valence-corrected chi connectivity index (χ4v) is 4.03. The summed E-state index contributed by atoms with van der Waals surface area (Å²) in [5.74, 6) is -0.997. The van der Waals surface area contributed by atoms with Gasteiger partial charge in [0.1, 0.15) is 0 Å². The maximum absolute atomic E-state index is 12.5. The molecule has 3 atom stereocenters. The van der Waals surface area contributed by atoms with Crippen LogP contribution in [-0.4, -0.2) is 64.5 Å². The summed E-state index contributed by atoms with van der Waals surface area (Å²) in [6.45, 7) is 2.17. The van der Waals surface area contributed by atoms with Gasteiger partial charge in [0.2, 0.25) is 5.91 Å². The SMILES string of the molecule is NC1CCN(CC(=O)N2C3CCC2C(C(=O)O)C3)CC1. The first-order valence-electron chi connectivity index (χ1n) is 7.58. The van der Waals surface area contributed by atoms with Crippen molar-refractivity contribution in [3.05, 3.63) is 0 Å². The van der Waals surface area contributed by atoms with Crippen molar-refractivity contribution in [2.75, 3.05) is 19.6 Å². The number of carboxylic acids is 1. The fraction of sp³-hybridized carbons (Fsp3) is 0.857. The van der Waals surface area contributed by atoms with E-state index in [4.69, 9.17) is 5.73 Å². The van der Waals surface area contributed by atoms with Crippen LogP contribution >= 0.6 is 0 Å². The number of hydrogen-bond acceptors (Lipinski definition) is 4. The van der Waals surface area contributed by atoms with Crippen LogP contribution in [0, 0.1) is 5.92 Å². The van der Waals surface area contributed by atoms with Crippen molar-refractivity contribution in [3.8, 4) is 0 Å². The molecule has 3 N–H and O–H groups in total. The summed E-state index contributed by atoms with van der Waals surface area (Å²) in [6.07, 6.45) is 4.33. The summed E-state index contributed by atoms with van der Waals surface area (Å²) in [7, 11) is 0. The molecule has 0 radical (unpaired) electrons. The molecule has 0 aromatic rings. The minimum Gasteiger partial charge on any atom is -0.481 e. The number of carboxylic acid groups (broad SMARTS) is 1. The van der Waals surface area contributed by atoms with Gasteiger partial charge in [0, 0.05) is 31.2 Å². The number of nitrogens with zero attached hydrogens (tertiary/aromatic N) is 2. The van der Waals surface area contributed by atoms with E-state index in [2.05, 4.69) is 4.90 Å². The normalized spacial score (nSPS) is 34.6. The molecule has 3 fully saturated rings. The van der Waals surface area contributed by atoms with Gasteiger partial charge in [-0.2, -0.15) is 0 Å². The molecule has 2 bridgehead atoms. The standard InChI is InChI=1S/C14H23N3O3/c15-9-3-5-16(6-4-9)8-13(18)17-10-1-2-12(17)11(7-10)14(19)20/h9-12H,1-8,15H2,(H,19,20). The monoisotopic (exact) mass is 281 g/mol. The molecular formula is C14H23N3O3. The molecule has 3 heterocycles. The molecule has 3 unspecified atom stereocenters. The number of rotatable bonds is 3. The van der Waals surface area contributed by atoms with E-state index < -0.39 is 5.97 Å². The number of hydrogen-bond donors (Lipinski definition) is 2. The Morgan fingerprint density at radius 3 is 2.45 bits per heavy atom. The van der Waals surface area contributed by atoms with Crippen molar-refractivity contribution in [1.29, 1.82) is 0 Å². The Morgan fingerprint density at radius 1 is 1.15 bits per heavy atom. The summed E-state index contributed by atoms with van der Waals surface area (Å²) >= 11 is 0. The molecule has 3 aliphatic heterocycles. The molecule has 3 saturated heterocycles. The number of carbonyl (C=O) groups excluding carboxylic acids is 1. The first-order valence-corrected chi connectivity index (χ1v) is 7.58. The molecule has 0 aromatic heterocycles. The topological polar surface area (TPSA) is 86.9 Å². The van der Waals surface area contributed by atoms with E-state index in [0.29, 0.717) is 13.0 Å². The first-order chi connectivity index (χ1) is 9.56. The van der Waals surface area contributed by atoms with E-state index in [1.54, 1.807) is 0 Å². The summed E-state index contributed by atoms with van der Waals surface area (Å²) in [5, 5.41) is 9.22. The molecule has 20 heavy (non-hydrogen) atoms. The van der Waals surface area contributed by atoms with Gasteiger partial charge in [0.05, 0.1) is 12.5 Å². The van der Waals surface area contributed by atoms with Gasteiger partial charge in [0.15, 0.2) is 0 Å². The zero-order valence-corrected chi connectivity index (χ0v) is 11.7. The van der Waals surface area contributed by atoms with Crippen LogP contribution < -0.4 is 5.73 Å². The molecule has 1 amide bonds. The van der Waals surface area contributed by atoms with Crippen LogP contribution in [0.5, 0.6) is 0 Å². The van der Waals surface area contributed by atoms with Crippen molar-refractivity contribution in [1.82, 2.24) is 9.80 Å². The summed E-state index contributed by atoms with van der Waals surface area (Å²) in [6, 6.07) is 0.346. The van der Waals surface area contributed by atoms with Crippen LogP contribution in [0.25, 0.3) is 0 Å². The number of aliphatic carboxylic acids is 1. The van der Waals surface area contributed by atoms with Crippen molar-refractivity contribution in [2.24, 2.45) is 11.7 Å². The summed E-state index contributed by atoms with van der Waals surface area (Å²) in [5.41, 5.74) is 5.87. The van der Waals surface area contributed by atoms with Gasteiger partial charge in [-0.15, -0.1) is 0 Å². The van der Waals surface area contributed by atoms with Crippen LogP contribution in [0.3, 0.4) is 0 Å². The van der Waals surface area contributed by atoms with Gasteiger partial charge < -0.3 is 15.7 Å². The van der Waals surface area contributed by atoms with Crippen molar-refractivity contribution >= 4 is 11.9 Å². The highest BCUT2D eigenvalue weighted by Crippen LogP contribution is 2.41. The van der Waals surface area contributed by atoms with Gasteiger partial charge in [-0.3, -0.25) is 14.5 Å². The quantitative estimate of drug-likeness (QED) is 0.753. The van der Waals surface area contributed by atoms with Crippen LogP contribution in [0.15, 0.2) is 0 Å². The van der Waals surface area contributed by atoms with Gasteiger partial charge in [-0.1, -0.05) is 0 Å². The molecule has 3 aliphatic rings. The molecule has 0 aromatic carbocycles. The summed E-state index contributed by atoms with van der Waals surface area (Å²) < 4.78 is 0. The molecule has 0 aliphatic carbocycles. The van der Waals surface area contributed by atoms with E-state index in [0.717, 1.165) is 38.8 Å². The third-order valence-electron chi connectivity index (χ3n) is 5.13. The number of piperidine rings is 1. The van der Waals surface area contributed by atoms with Crippen LogP contribution in [-0.2, 0) is 9.59 Å². The van der Waals surface area contributed by atoms with E-state index in [9.17, 15) is 14.7 Å². The maximum Gasteiger partial charge on any atom is 0.308 e. The highest BCUT2D eigenvalue weighted by atomic mass is 16.4. The number of likely N-dealkylation sites (tertiary alicyclic amines) is 1. The highest BCUT2D eigenvalue weighted by molar-refractivity contribution is 5.82. The van der Waals surface area contributed by atoms with Crippen LogP contribution in [0.4, 0.5) is 0 Å². The minimum atomic E-state index is -0.751. The number of amides is 1. The van der Waals surface area contributed by atoms with Gasteiger partial charge >= 0.3 is 5.97 Å². The number of fused-ring (bicyclic) bond motifs is 2. The van der Waals surface area contributed by atoms with Crippen molar-refractivity contribution in [3.63, 3.8) is 0 Å². The third-order valence-corrected chi connectivity index (χ3v) is 5.13. The lowest BCUT2D eigenvalue weighted by atomic mass is 9.89. The van der Waals surface area contributed by atoms with E-state index >= 15 is 0 Å². The lowest BCUT2D eigenvalue weighted by Crippen LogP contribution is -2.47. The highest BCUT2D eigenvalue weighted by Gasteiger charge is 2.51. The Labute approximate surface area is 118 Å². The van der Waals surface area contributed by atoms with Gasteiger partial charge in [-0.25, -0.2) is 0 Å². The summed E-state index contributed by atoms with van der Waals surface area (Å²) in [4.78, 5) is 27.7. The second-order valence-corrected chi connectivity index (χ2v) is 6.39. The second-order valence-electron chi connectivity index (χ2n) is 6.39. The Balaban J connectivity index is 1.59. The predicted molar refractivity (Wildman–Crippen MR) is 73.0 cm³/mol. The van der Waals surface area contributed by atoms with Crippen LogP contribution in [0.1, 0.15) is 32.1 Å². The lowest BCUT2D eigenvalue weighted by molar-refractivity contribution is -0.143. The zero-order valence-electron chi connectivity index (χ0n) is 11.7. The molecular weight excluding hydrogens is 258 g/mol. The number of carbonyl (C=O) groups is 2. The smallest absolute Gasteiger partial charge is 0.308 e. The van der Waals surface area contributed by atoms with E-state index in [-0.39, 0.29) is 30.0 Å². The van der Waals surface area contributed by atoms with E-state index in [1.165, 1.54) is 0 Å². The minimum absolute atomic E-state index is 0.0722. The lowest BCUT2D eigenvalue weighted by Gasteiger charge is -2.32. The second kappa shape index (κ2) is 5.33. The Morgan fingerprint density at radius 2 is 1.85 bits per heavy atom. The molecule has 0 saturated carbocycles. The van der Waals surface area contributed by atoms with Crippen molar-refractivity contribution in [2.45, 2.75) is 50.2 Å². The average molecular weight is 281 g/mol. The first kappa shape index (κ1) is 13.8. The predicted octanol–water partition coefficient (Wildman–Crippen LogP) is -0.126. The Kier molecular flexibility index (Phi) is 3.69. The third kappa shape index (κ3) is 2.42. The van der Waals surface area contributed by atoms with Gasteiger partial charge in [0.25, 0.3) is 0 Å². The fourth-order valence-electron chi connectivity index (χ4n) is 4.03. The molecule has 0 spiro atoms. The van der Waals surface area contributed by atoms with Gasteiger partial charge in [-0.05, 0) is 32.1 Å². The zero-order chi connectivity index (χ0) is 14.3. The van der Waals surface area contributed by atoms with Crippen LogP contribution in [0.2, 0.25) is 0 Å². The van der Waals surface area contributed by atoms with E-state index in [1.807, 2.05) is 4.90 Å². The molecule has 6 nitrogen and oxygen atoms in total. The molecule has 3 rings (SSSR count). The Bertz CT molecular complexity index is 406. The Hall–Kier alpha value is -1.14. The van der Waals surface area contributed by atoms with Crippen molar-refractivity contribution < 1.29 is 14.7 Å². The maximum atomic E-state index is 12.5. The molecule has 112 valence electrons.